The maximum Gasteiger partial charge on any atom is 0.255 e. The average Bonchev–Trinajstić information content (AvgIpc) is 2.91. The first-order chi connectivity index (χ1) is 10.7. The Kier molecular flexibility index (Phi) is 5.23. The van der Waals surface area contributed by atoms with E-state index in [0.29, 0.717) is 5.56 Å². The van der Waals surface area contributed by atoms with Gasteiger partial charge in [-0.25, -0.2) is 0 Å². The van der Waals surface area contributed by atoms with Crippen LogP contribution in [0.2, 0.25) is 0 Å². The minimum Gasteiger partial charge on any atom is -0.337 e. The van der Waals surface area contributed by atoms with Crippen LogP contribution in [0.5, 0.6) is 0 Å². The van der Waals surface area contributed by atoms with Crippen LogP contribution in [-0.2, 0) is 6.54 Å². The Morgan fingerprint density at radius 3 is 2.95 bits per heavy atom. The largest absolute Gasteiger partial charge is 0.337 e. The van der Waals surface area contributed by atoms with E-state index in [-0.39, 0.29) is 5.91 Å². The van der Waals surface area contributed by atoms with E-state index < -0.39 is 0 Å². The van der Waals surface area contributed by atoms with E-state index in [1.54, 1.807) is 23.7 Å². The molecule has 2 aromatic rings. The molecule has 0 atom stereocenters. The second-order valence-corrected chi connectivity index (χ2v) is 7.14. The third-order valence-corrected chi connectivity index (χ3v) is 4.98. The number of pyridine rings is 1. The Morgan fingerprint density at radius 2 is 2.18 bits per heavy atom. The minimum atomic E-state index is 0.0752. The summed E-state index contributed by atoms with van der Waals surface area (Å²) in [6.45, 7) is 4.52. The number of thiophene rings is 1. The Bertz CT molecular complexity index is 632. The first kappa shape index (κ1) is 15.6. The molecule has 1 amide bonds. The Labute approximate surface area is 142 Å². The van der Waals surface area contributed by atoms with Crippen LogP contribution in [0.3, 0.4) is 0 Å². The van der Waals surface area contributed by atoms with Gasteiger partial charge in [0.1, 0.15) is 0 Å². The molecule has 0 unspecified atom stereocenters. The van der Waals surface area contributed by atoms with Crippen LogP contribution in [-0.4, -0.2) is 46.9 Å². The van der Waals surface area contributed by atoms with Crippen molar-refractivity contribution in [3.8, 4) is 0 Å². The molecule has 0 aromatic carbocycles. The lowest BCUT2D eigenvalue weighted by Crippen LogP contribution is -2.35. The van der Waals surface area contributed by atoms with Gasteiger partial charge in [-0.15, -0.1) is 0 Å². The van der Waals surface area contributed by atoms with E-state index in [0.717, 1.165) is 43.6 Å². The number of hydrogen-bond acceptors (Lipinski definition) is 4. The summed E-state index contributed by atoms with van der Waals surface area (Å²) in [4.78, 5) is 21.0. The van der Waals surface area contributed by atoms with Gasteiger partial charge in [0.15, 0.2) is 0 Å². The van der Waals surface area contributed by atoms with E-state index in [1.807, 2.05) is 11.0 Å². The number of halogens is 1. The van der Waals surface area contributed by atoms with Crippen LogP contribution in [0.25, 0.3) is 0 Å². The molecule has 0 saturated carbocycles. The van der Waals surface area contributed by atoms with E-state index in [1.165, 1.54) is 5.56 Å². The third-order valence-electron chi connectivity index (χ3n) is 3.81. The average molecular weight is 380 g/mol. The fraction of sp³-hybridized carbons (Fsp3) is 0.375. The van der Waals surface area contributed by atoms with E-state index in [4.69, 9.17) is 0 Å². The SMILES string of the molecule is O=C(c1cncc(Br)c1)N1CCCN(Cc2ccsc2)CC1. The molecule has 6 heteroatoms. The third kappa shape index (κ3) is 3.94. The number of amides is 1. The highest BCUT2D eigenvalue weighted by molar-refractivity contribution is 9.10. The lowest BCUT2D eigenvalue weighted by atomic mass is 10.2. The predicted octanol–water partition coefficient (Wildman–Crippen LogP) is 3.25. The normalized spacial score (nSPS) is 16.5. The molecule has 22 heavy (non-hydrogen) atoms. The molecule has 0 radical (unpaired) electrons. The van der Waals surface area contributed by atoms with Crippen molar-refractivity contribution in [1.29, 1.82) is 0 Å². The molecule has 1 aliphatic heterocycles. The van der Waals surface area contributed by atoms with Gasteiger partial charge in [0.25, 0.3) is 5.91 Å². The van der Waals surface area contributed by atoms with Crippen LogP contribution in [0.1, 0.15) is 22.3 Å². The summed E-state index contributed by atoms with van der Waals surface area (Å²) >= 11 is 5.11. The van der Waals surface area contributed by atoms with Gasteiger partial charge in [-0.2, -0.15) is 11.3 Å². The predicted molar refractivity (Wildman–Crippen MR) is 92.1 cm³/mol. The van der Waals surface area contributed by atoms with Crippen LogP contribution in [0.4, 0.5) is 0 Å². The molecule has 116 valence electrons. The summed E-state index contributed by atoms with van der Waals surface area (Å²) in [5.41, 5.74) is 2.02. The Balaban J connectivity index is 1.61. The second-order valence-electron chi connectivity index (χ2n) is 5.45. The first-order valence-electron chi connectivity index (χ1n) is 7.35. The van der Waals surface area contributed by atoms with Gasteiger partial charge < -0.3 is 4.90 Å². The molecule has 0 bridgehead atoms. The molecule has 1 fully saturated rings. The first-order valence-corrected chi connectivity index (χ1v) is 9.09. The molecule has 2 aromatic heterocycles. The number of rotatable bonds is 3. The number of nitrogens with zero attached hydrogens (tertiary/aromatic N) is 3. The van der Waals surface area contributed by atoms with E-state index in [2.05, 4.69) is 42.6 Å². The fourth-order valence-corrected chi connectivity index (χ4v) is 3.71. The van der Waals surface area contributed by atoms with Gasteiger partial charge >= 0.3 is 0 Å². The van der Waals surface area contributed by atoms with Gasteiger partial charge in [-0.1, -0.05) is 0 Å². The summed E-state index contributed by atoms with van der Waals surface area (Å²) in [6.07, 6.45) is 4.35. The molecule has 0 N–H and O–H groups in total. The zero-order valence-corrected chi connectivity index (χ0v) is 14.6. The van der Waals surface area contributed by atoms with Gasteiger partial charge in [-0.05, 0) is 50.8 Å². The van der Waals surface area contributed by atoms with Crippen LogP contribution in [0.15, 0.2) is 39.8 Å². The molecule has 0 aliphatic carbocycles. The van der Waals surface area contributed by atoms with Crippen LogP contribution in [0, 0.1) is 0 Å². The second kappa shape index (κ2) is 7.35. The lowest BCUT2D eigenvalue weighted by molar-refractivity contribution is 0.0760. The number of carbonyl (C=O) groups is 1. The van der Waals surface area contributed by atoms with Crippen molar-refractivity contribution in [3.05, 3.63) is 50.9 Å². The molecule has 0 spiro atoms. The molecule has 3 heterocycles. The van der Waals surface area contributed by atoms with Crippen molar-refractivity contribution in [1.82, 2.24) is 14.8 Å². The van der Waals surface area contributed by atoms with Crippen molar-refractivity contribution in [3.63, 3.8) is 0 Å². The van der Waals surface area contributed by atoms with Gasteiger partial charge in [0, 0.05) is 49.6 Å². The van der Waals surface area contributed by atoms with Crippen molar-refractivity contribution < 1.29 is 4.79 Å². The molecule has 4 nitrogen and oxygen atoms in total. The van der Waals surface area contributed by atoms with Crippen molar-refractivity contribution >= 4 is 33.2 Å². The van der Waals surface area contributed by atoms with Crippen molar-refractivity contribution in [2.45, 2.75) is 13.0 Å². The van der Waals surface area contributed by atoms with Crippen molar-refractivity contribution in [2.24, 2.45) is 0 Å². The van der Waals surface area contributed by atoms with E-state index in [9.17, 15) is 4.79 Å². The maximum absolute atomic E-state index is 12.6. The monoisotopic (exact) mass is 379 g/mol. The molecule has 3 rings (SSSR count). The summed E-state index contributed by atoms with van der Waals surface area (Å²) < 4.78 is 0.840. The summed E-state index contributed by atoms with van der Waals surface area (Å²) in [5.74, 6) is 0.0752. The quantitative estimate of drug-likeness (QED) is 0.820. The fourth-order valence-electron chi connectivity index (χ4n) is 2.68. The van der Waals surface area contributed by atoms with Gasteiger partial charge in [0.2, 0.25) is 0 Å². The standard InChI is InChI=1S/C16H18BrN3OS/c17-15-8-14(9-18-10-15)16(21)20-4-1-3-19(5-6-20)11-13-2-7-22-12-13/h2,7-10,12H,1,3-6,11H2. The molecular formula is C16H18BrN3OS. The van der Waals surface area contributed by atoms with Gasteiger partial charge in [-0.3, -0.25) is 14.7 Å². The Hall–Kier alpha value is -1.24. The number of hydrogen-bond donors (Lipinski definition) is 0. The maximum atomic E-state index is 12.6. The number of aromatic nitrogens is 1. The Morgan fingerprint density at radius 1 is 1.27 bits per heavy atom. The highest BCUT2D eigenvalue weighted by Gasteiger charge is 2.20. The topological polar surface area (TPSA) is 36.4 Å². The number of carbonyl (C=O) groups excluding carboxylic acids is 1. The van der Waals surface area contributed by atoms with E-state index >= 15 is 0 Å². The van der Waals surface area contributed by atoms with Crippen molar-refractivity contribution in [2.75, 3.05) is 26.2 Å². The zero-order chi connectivity index (χ0) is 15.4. The molecular weight excluding hydrogens is 362 g/mol. The summed E-state index contributed by atoms with van der Waals surface area (Å²) in [6, 6.07) is 4.01. The molecule has 1 aliphatic rings. The van der Waals surface area contributed by atoms with Crippen LogP contribution < -0.4 is 0 Å². The van der Waals surface area contributed by atoms with Gasteiger partial charge in [0.05, 0.1) is 5.56 Å². The highest BCUT2D eigenvalue weighted by Crippen LogP contribution is 2.15. The minimum absolute atomic E-state index is 0.0752. The summed E-state index contributed by atoms with van der Waals surface area (Å²) in [7, 11) is 0. The smallest absolute Gasteiger partial charge is 0.255 e. The lowest BCUT2D eigenvalue weighted by Gasteiger charge is -2.21. The van der Waals surface area contributed by atoms with Crippen LogP contribution >= 0.6 is 27.3 Å². The highest BCUT2D eigenvalue weighted by atomic mass is 79.9. The zero-order valence-electron chi connectivity index (χ0n) is 12.2. The molecule has 1 saturated heterocycles. The summed E-state index contributed by atoms with van der Waals surface area (Å²) in [5, 5.41) is 4.31.